The van der Waals surface area contributed by atoms with E-state index in [0.717, 1.165) is 10.9 Å². The molecule has 2 heterocycles. The Labute approximate surface area is 252 Å². The minimum atomic E-state index is -1.23. The Kier molecular flexibility index (Phi) is 10.5. The zero-order valence-electron chi connectivity index (χ0n) is 25.1. The molecule has 0 aliphatic carbocycles. The van der Waals surface area contributed by atoms with Crippen LogP contribution in [-0.4, -0.2) is 58.9 Å². The molecule has 4 rings (SSSR count). The van der Waals surface area contributed by atoms with E-state index in [9.17, 15) is 19.2 Å². The molecule has 0 bridgehead atoms. The van der Waals surface area contributed by atoms with Crippen molar-refractivity contribution in [3.05, 3.63) is 78.0 Å². The molecule has 0 radical (unpaired) electrons. The maximum Gasteiger partial charge on any atom is 0.270 e. The van der Waals surface area contributed by atoms with Gasteiger partial charge in [-0.3, -0.25) is 19.2 Å². The van der Waals surface area contributed by atoms with E-state index in [1.165, 1.54) is 0 Å². The van der Waals surface area contributed by atoms with Crippen LogP contribution in [-0.2, 0) is 25.5 Å². The highest BCUT2D eigenvalue weighted by molar-refractivity contribution is 5.99. The number of hydrogen-bond acceptors (Lipinski definition) is 6. The number of nitrogens with two attached hydrogens (primary N) is 1. The molecule has 43 heavy (non-hydrogen) atoms. The molecule has 4 amide bonds. The van der Waals surface area contributed by atoms with Crippen molar-refractivity contribution in [2.24, 2.45) is 17.6 Å². The number of fused-ring (bicyclic) bond motifs is 1. The summed E-state index contributed by atoms with van der Waals surface area (Å²) in [4.78, 5) is 55.7. The van der Waals surface area contributed by atoms with Gasteiger partial charge in [0, 0.05) is 11.4 Å². The van der Waals surface area contributed by atoms with Gasteiger partial charge < -0.3 is 26.4 Å². The maximum absolute atomic E-state index is 13.5. The van der Waals surface area contributed by atoms with Crippen molar-refractivity contribution in [3.8, 4) is 0 Å². The van der Waals surface area contributed by atoms with Gasteiger partial charge in [0.1, 0.15) is 17.8 Å². The molecule has 2 aromatic carbocycles. The number of rotatable bonds is 14. The van der Waals surface area contributed by atoms with Crippen molar-refractivity contribution in [2.45, 2.75) is 77.3 Å². The first kappa shape index (κ1) is 31.6. The van der Waals surface area contributed by atoms with Gasteiger partial charge in [-0.05, 0) is 36.0 Å². The van der Waals surface area contributed by atoms with Crippen molar-refractivity contribution in [3.63, 3.8) is 0 Å². The van der Waals surface area contributed by atoms with Crippen LogP contribution in [0.5, 0.6) is 0 Å². The second-order valence-corrected chi connectivity index (χ2v) is 11.8. The Balaban J connectivity index is 1.46. The standard InChI is InChI=1S/C33H41N5O5/c1-19(2)30(20(3)4)38-29(40)18-27-31(43-27)25(16-21-10-6-5-7-11-21)36-33(42)26(17-28(34)39)37-32(41)24-15-14-22-12-8-9-13-23(22)35-24/h5-15,19-20,25-27,30-31H,16-18H2,1-4H3,(H2,34,39)(H,36,42)(H,37,41)(H,38,40)/t25-,26?,27-,31+/m0/s1. The third-order valence-corrected chi connectivity index (χ3v) is 7.65. The smallest absolute Gasteiger partial charge is 0.270 e. The Morgan fingerprint density at radius 3 is 2.21 bits per heavy atom. The van der Waals surface area contributed by atoms with Crippen molar-refractivity contribution in [2.75, 3.05) is 0 Å². The summed E-state index contributed by atoms with van der Waals surface area (Å²) < 4.78 is 5.91. The number of epoxide rings is 1. The van der Waals surface area contributed by atoms with Crippen LogP contribution in [0, 0.1) is 11.8 Å². The highest BCUT2D eigenvalue weighted by Gasteiger charge is 2.47. The highest BCUT2D eigenvalue weighted by Crippen LogP contribution is 2.30. The number of carbonyl (C=O) groups is 4. The van der Waals surface area contributed by atoms with Gasteiger partial charge in [0.25, 0.3) is 5.91 Å². The number of pyridine rings is 1. The third kappa shape index (κ3) is 8.84. The van der Waals surface area contributed by atoms with Crippen LogP contribution in [0.15, 0.2) is 66.7 Å². The maximum atomic E-state index is 13.5. The summed E-state index contributed by atoms with van der Waals surface area (Å²) >= 11 is 0. The number of hydrogen-bond donors (Lipinski definition) is 4. The molecule has 1 fully saturated rings. The Morgan fingerprint density at radius 1 is 0.860 bits per heavy atom. The monoisotopic (exact) mass is 587 g/mol. The van der Waals surface area contributed by atoms with Gasteiger partial charge in [-0.25, -0.2) is 4.98 Å². The van der Waals surface area contributed by atoms with Crippen LogP contribution in [0.1, 0.15) is 56.6 Å². The van der Waals surface area contributed by atoms with Gasteiger partial charge in [0.15, 0.2) is 0 Å². The number of nitrogens with zero attached hydrogens (tertiary/aromatic N) is 1. The number of nitrogens with one attached hydrogen (secondary N) is 3. The van der Waals surface area contributed by atoms with Gasteiger partial charge in [-0.2, -0.15) is 0 Å². The lowest BCUT2D eigenvalue weighted by Gasteiger charge is -2.26. The second kappa shape index (κ2) is 14.2. The van der Waals surface area contributed by atoms with Crippen LogP contribution < -0.4 is 21.7 Å². The molecule has 5 N–H and O–H groups in total. The lowest BCUT2D eigenvalue weighted by atomic mass is 9.93. The van der Waals surface area contributed by atoms with Crippen LogP contribution in [0.2, 0.25) is 0 Å². The van der Waals surface area contributed by atoms with Crippen molar-refractivity contribution < 1.29 is 23.9 Å². The minimum absolute atomic E-state index is 0.0415. The SMILES string of the molecule is CC(C)C(NC(=O)C[C@@H]1O[C@@H]1[C@H](Cc1ccccc1)NC(=O)C(CC(N)=O)NC(=O)c1ccc2ccccc2n1)C(C)C. The van der Waals surface area contributed by atoms with Crippen LogP contribution in [0.25, 0.3) is 10.9 Å². The molecule has 0 spiro atoms. The number of para-hydroxylation sites is 1. The minimum Gasteiger partial charge on any atom is -0.370 e. The third-order valence-electron chi connectivity index (χ3n) is 7.65. The van der Waals surface area contributed by atoms with E-state index in [4.69, 9.17) is 10.5 Å². The van der Waals surface area contributed by atoms with Crippen molar-refractivity contribution in [1.82, 2.24) is 20.9 Å². The summed E-state index contributed by atoms with van der Waals surface area (Å²) in [5.41, 5.74) is 7.15. The summed E-state index contributed by atoms with van der Waals surface area (Å²) in [6.07, 6.45) is -0.596. The normalized spacial score (nSPS) is 17.5. The predicted octanol–water partition coefficient (Wildman–Crippen LogP) is 2.89. The summed E-state index contributed by atoms with van der Waals surface area (Å²) in [7, 11) is 0. The van der Waals surface area contributed by atoms with E-state index in [1.807, 2.05) is 48.5 Å². The first-order valence-corrected chi connectivity index (χ1v) is 14.8. The summed E-state index contributed by atoms with van der Waals surface area (Å²) in [5.74, 6) is -1.46. The number of aromatic nitrogens is 1. The molecule has 1 aliphatic heterocycles. The van der Waals surface area contributed by atoms with E-state index < -0.39 is 42.3 Å². The van der Waals surface area contributed by atoms with Gasteiger partial charge in [0.05, 0.1) is 30.5 Å². The molecule has 4 atom stereocenters. The Hall–Kier alpha value is -4.31. The quantitative estimate of drug-likeness (QED) is 0.213. The average molecular weight is 588 g/mol. The zero-order valence-corrected chi connectivity index (χ0v) is 25.1. The van der Waals surface area contributed by atoms with Gasteiger partial charge in [-0.1, -0.05) is 82.3 Å². The fraction of sp³-hybridized carbons (Fsp3) is 0.424. The topological polar surface area (TPSA) is 156 Å². The lowest BCUT2D eigenvalue weighted by molar-refractivity contribution is -0.127. The Morgan fingerprint density at radius 2 is 1.53 bits per heavy atom. The molecule has 1 saturated heterocycles. The van der Waals surface area contributed by atoms with Crippen molar-refractivity contribution in [1.29, 1.82) is 0 Å². The van der Waals surface area contributed by atoms with E-state index >= 15 is 0 Å². The summed E-state index contributed by atoms with van der Waals surface area (Å²) in [6, 6.07) is 18.6. The highest BCUT2D eigenvalue weighted by atomic mass is 16.6. The first-order valence-electron chi connectivity index (χ1n) is 14.8. The van der Waals surface area contributed by atoms with Crippen molar-refractivity contribution >= 4 is 34.5 Å². The molecule has 1 unspecified atom stereocenters. The van der Waals surface area contributed by atoms with E-state index in [-0.39, 0.29) is 42.0 Å². The number of amides is 4. The van der Waals surface area contributed by atoms with Crippen LogP contribution in [0.4, 0.5) is 0 Å². The van der Waals surface area contributed by atoms with E-state index in [0.29, 0.717) is 11.9 Å². The van der Waals surface area contributed by atoms with Crippen LogP contribution >= 0.6 is 0 Å². The average Bonchev–Trinajstić information content (AvgIpc) is 3.73. The number of ether oxygens (including phenoxy) is 1. The zero-order chi connectivity index (χ0) is 31.1. The molecule has 1 aliphatic rings. The molecule has 0 saturated carbocycles. The van der Waals surface area contributed by atoms with E-state index in [1.54, 1.807) is 18.2 Å². The lowest BCUT2D eigenvalue weighted by Crippen LogP contribution is -2.53. The predicted molar refractivity (Wildman–Crippen MR) is 164 cm³/mol. The molecular formula is C33H41N5O5. The van der Waals surface area contributed by atoms with Gasteiger partial charge >= 0.3 is 0 Å². The molecule has 228 valence electrons. The fourth-order valence-corrected chi connectivity index (χ4v) is 5.44. The molecule has 10 nitrogen and oxygen atoms in total. The molecule has 1 aromatic heterocycles. The second-order valence-electron chi connectivity index (χ2n) is 11.8. The number of benzene rings is 2. The van der Waals surface area contributed by atoms with E-state index in [2.05, 4.69) is 48.6 Å². The number of carbonyl (C=O) groups excluding carboxylic acids is 4. The Bertz CT molecular complexity index is 1440. The first-order chi connectivity index (χ1) is 20.5. The van der Waals surface area contributed by atoms with Gasteiger partial charge in [-0.15, -0.1) is 0 Å². The summed E-state index contributed by atoms with van der Waals surface area (Å²) in [6.45, 7) is 8.29. The number of primary amides is 1. The molecule has 3 aromatic rings. The summed E-state index contributed by atoms with van der Waals surface area (Å²) in [5, 5.41) is 9.57. The van der Waals surface area contributed by atoms with Crippen LogP contribution in [0.3, 0.4) is 0 Å². The molecular weight excluding hydrogens is 546 g/mol. The molecule has 10 heteroatoms. The van der Waals surface area contributed by atoms with Gasteiger partial charge in [0.2, 0.25) is 17.7 Å². The largest absolute Gasteiger partial charge is 0.370 e. The fourth-order valence-electron chi connectivity index (χ4n) is 5.44.